The van der Waals surface area contributed by atoms with Crippen molar-refractivity contribution in [3.63, 3.8) is 0 Å². The molecule has 0 radical (unpaired) electrons. The van der Waals surface area contributed by atoms with Gasteiger partial charge in [-0.2, -0.15) is 13.2 Å². The molecule has 8 heteroatoms. The molecule has 0 aromatic heterocycles. The van der Waals surface area contributed by atoms with E-state index < -0.39 is 17.7 Å². The van der Waals surface area contributed by atoms with Gasteiger partial charge in [-0.15, -0.1) is 0 Å². The van der Waals surface area contributed by atoms with Crippen LogP contribution < -0.4 is 10.8 Å². The van der Waals surface area contributed by atoms with Gasteiger partial charge in [0.2, 0.25) is 0 Å². The highest BCUT2D eigenvalue weighted by atomic mass is 19.4. The lowest BCUT2D eigenvalue weighted by atomic mass is 9.91. The minimum Gasteiger partial charge on any atom is -0.481 e. The molecule has 3 rings (SSSR count). The molecule has 5 nitrogen and oxygen atoms in total. The molecule has 0 atom stereocenters. The maximum atomic E-state index is 13.6. The van der Waals surface area contributed by atoms with Crippen LogP contribution in [0.1, 0.15) is 65.8 Å². The van der Waals surface area contributed by atoms with Crippen molar-refractivity contribution >= 4 is 11.7 Å². The average molecular weight is 463 g/mol. The van der Waals surface area contributed by atoms with Crippen LogP contribution in [0.4, 0.5) is 13.2 Å². The Morgan fingerprint density at radius 2 is 1.76 bits per heavy atom. The van der Waals surface area contributed by atoms with Crippen LogP contribution in [-0.2, 0) is 29.0 Å². The molecule has 3 N–H and O–H groups in total. The molecule has 1 saturated carbocycles. The third-order valence-electron chi connectivity index (χ3n) is 5.80. The fourth-order valence-electron chi connectivity index (χ4n) is 4.05. The molecule has 1 fully saturated rings. The van der Waals surface area contributed by atoms with Crippen LogP contribution in [0.5, 0.6) is 0 Å². The Balaban J connectivity index is 1.52. The maximum absolute atomic E-state index is 13.6. The second-order valence-electron chi connectivity index (χ2n) is 8.29. The van der Waals surface area contributed by atoms with Gasteiger partial charge in [-0.05, 0) is 47.1 Å². The number of aliphatic carboxylic acids is 1. The smallest absolute Gasteiger partial charge is 0.416 e. The van der Waals surface area contributed by atoms with Crippen molar-refractivity contribution in [2.75, 3.05) is 6.54 Å². The topological polar surface area (TPSA) is 70.6 Å². The molecule has 178 valence electrons. The number of halogens is 3. The minimum absolute atomic E-state index is 0.0233. The van der Waals surface area contributed by atoms with Gasteiger partial charge < -0.3 is 10.4 Å². The SMILES string of the molecule is C=C(NOCc1ccc(C2CCCC2)c(C(F)(F)F)c1)c1ccc(CNCCC(=O)O)cc1. The number of carbonyl (C=O) groups is 1. The molecule has 33 heavy (non-hydrogen) atoms. The summed E-state index contributed by atoms with van der Waals surface area (Å²) in [4.78, 5) is 15.9. The van der Waals surface area contributed by atoms with Crippen LogP contribution in [-0.4, -0.2) is 17.6 Å². The highest BCUT2D eigenvalue weighted by Crippen LogP contribution is 2.41. The fraction of sp³-hybridized carbons (Fsp3) is 0.400. The largest absolute Gasteiger partial charge is 0.481 e. The van der Waals surface area contributed by atoms with E-state index >= 15 is 0 Å². The van der Waals surface area contributed by atoms with Gasteiger partial charge >= 0.3 is 12.1 Å². The van der Waals surface area contributed by atoms with Gasteiger partial charge in [0.1, 0.15) is 0 Å². The van der Waals surface area contributed by atoms with Crippen molar-refractivity contribution in [3.05, 3.63) is 76.9 Å². The van der Waals surface area contributed by atoms with Crippen LogP contribution in [0.3, 0.4) is 0 Å². The molecule has 0 saturated heterocycles. The molecule has 0 amide bonds. The molecule has 2 aromatic rings. The Kier molecular flexibility index (Phi) is 8.52. The number of hydroxylamine groups is 1. The van der Waals surface area contributed by atoms with E-state index in [9.17, 15) is 18.0 Å². The van der Waals surface area contributed by atoms with Gasteiger partial charge in [-0.3, -0.25) is 15.1 Å². The highest BCUT2D eigenvalue weighted by molar-refractivity contribution is 5.66. The van der Waals surface area contributed by atoms with Crippen molar-refractivity contribution in [1.82, 2.24) is 10.8 Å². The summed E-state index contributed by atoms with van der Waals surface area (Å²) < 4.78 is 40.9. The highest BCUT2D eigenvalue weighted by Gasteiger charge is 2.36. The zero-order valence-electron chi connectivity index (χ0n) is 18.4. The van der Waals surface area contributed by atoms with Gasteiger partial charge in [0.05, 0.1) is 24.3 Å². The van der Waals surface area contributed by atoms with Crippen molar-refractivity contribution in [2.45, 2.75) is 57.3 Å². The van der Waals surface area contributed by atoms with E-state index in [4.69, 9.17) is 9.94 Å². The molecule has 2 aromatic carbocycles. The molecule has 0 bridgehead atoms. The first-order chi connectivity index (χ1) is 15.7. The second-order valence-corrected chi connectivity index (χ2v) is 8.29. The summed E-state index contributed by atoms with van der Waals surface area (Å²) in [6.07, 6.45) is -0.782. The Bertz CT molecular complexity index is 952. The second kappa shape index (κ2) is 11.3. The van der Waals surface area contributed by atoms with Crippen molar-refractivity contribution in [1.29, 1.82) is 0 Å². The van der Waals surface area contributed by atoms with E-state index in [1.54, 1.807) is 12.1 Å². The Morgan fingerprint density at radius 1 is 1.09 bits per heavy atom. The van der Waals surface area contributed by atoms with Gasteiger partial charge in [-0.1, -0.05) is 55.8 Å². The summed E-state index contributed by atoms with van der Waals surface area (Å²) in [5.41, 5.74) is 5.21. The molecule has 1 aliphatic carbocycles. The number of nitrogens with one attached hydrogen (secondary N) is 2. The number of benzene rings is 2. The summed E-state index contributed by atoms with van der Waals surface area (Å²) in [5.74, 6) is -0.871. The standard InChI is InChI=1S/C25H29F3N2O3/c1-17(20-9-6-18(7-10-20)15-29-13-12-24(31)32)30-33-16-19-8-11-22(21-4-2-3-5-21)23(14-19)25(26,27)28/h6-11,14,21,29-30H,1-5,12-13,15-16H2,(H,31,32). The lowest BCUT2D eigenvalue weighted by molar-refractivity contribution is -0.138. The van der Waals surface area contributed by atoms with E-state index in [1.807, 2.05) is 24.3 Å². The van der Waals surface area contributed by atoms with Crippen molar-refractivity contribution in [2.24, 2.45) is 0 Å². The number of rotatable bonds is 11. The normalized spacial score (nSPS) is 14.4. The van der Waals surface area contributed by atoms with E-state index in [-0.39, 0.29) is 18.9 Å². The monoisotopic (exact) mass is 462 g/mol. The third-order valence-corrected chi connectivity index (χ3v) is 5.80. The average Bonchev–Trinajstić information content (AvgIpc) is 3.31. The molecule has 0 heterocycles. The Morgan fingerprint density at radius 3 is 2.39 bits per heavy atom. The molecule has 0 spiro atoms. The van der Waals surface area contributed by atoms with Crippen molar-refractivity contribution in [3.8, 4) is 0 Å². The quantitative estimate of drug-likeness (QED) is 0.299. The number of carboxylic acid groups (broad SMARTS) is 1. The lowest BCUT2D eigenvalue weighted by Crippen LogP contribution is -2.17. The third kappa shape index (κ3) is 7.33. The molecule has 0 aliphatic heterocycles. The van der Waals surface area contributed by atoms with Crippen LogP contribution in [0.25, 0.3) is 5.70 Å². The summed E-state index contributed by atoms with van der Waals surface area (Å²) >= 11 is 0. The minimum atomic E-state index is -4.39. The molecular weight excluding hydrogens is 433 g/mol. The van der Waals surface area contributed by atoms with E-state index in [0.717, 1.165) is 36.8 Å². The first-order valence-electron chi connectivity index (χ1n) is 11.0. The Labute approximate surface area is 191 Å². The number of hydrogen-bond acceptors (Lipinski definition) is 4. The number of alkyl halides is 3. The molecule has 0 unspecified atom stereocenters. The van der Waals surface area contributed by atoms with Gasteiger partial charge in [0.15, 0.2) is 0 Å². The molecule has 1 aliphatic rings. The van der Waals surface area contributed by atoms with Crippen LogP contribution in [0.15, 0.2) is 49.0 Å². The van der Waals surface area contributed by atoms with Crippen molar-refractivity contribution < 1.29 is 27.9 Å². The van der Waals surface area contributed by atoms with E-state index in [0.29, 0.717) is 29.9 Å². The summed E-state index contributed by atoms with van der Waals surface area (Å²) in [6.45, 7) is 4.81. The lowest BCUT2D eigenvalue weighted by Gasteiger charge is -2.19. The van der Waals surface area contributed by atoms with E-state index in [1.165, 1.54) is 6.07 Å². The zero-order chi connectivity index (χ0) is 23.8. The molecular formula is C25H29F3N2O3. The maximum Gasteiger partial charge on any atom is 0.416 e. The Hall–Kier alpha value is -2.84. The van der Waals surface area contributed by atoms with Crippen LogP contribution in [0.2, 0.25) is 0 Å². The zero-order valence-corrected chi connectivity index (χ0v) is 18.4. The van der Waals surface area contributed by atoms with Gasteiger partial charge in [0.25, 0.3) is 0 Å². The summed E-state index contributed by atoms with van der Waals surface area (Å²) in [6, 6.07) is 11.9. The van der Waals surface area contributed by atoms with Gasteiger partial charge in [0, 0.05) is 13.1 Å². The summed E-state index contributed by atoms with van der Waals surface area (Å²) in [7, 11) is 0. The fourth-order valence-corrected chi connectivity index (χ4v) is 4.05. The predicted molar refractivity (Wildman–Crippen MR) is 120 cm³/mol. The number of carboxylic acids is 1. The van der Waals surface area contributed by atoms with Crippen LogP contribution >= 0.6 is 0 Å². The first kappa shape index (κ1) is 24.8. The summed E-state index contributed by atoms with van der Waals surface area (Å²) in [5, 5.41) is 11.7. The van der Waals surface area contributed by atoms with Crippen LogP contribution in [0, 0.1) is 0 Å². The predicted octanol–water partition coefficient (Wildman–Crippen LogP) is 5.62. The van der Waals surface area contributed by atoms with Gasteiger partial charge in [-0.25, -0.2) is 0 Å². The van der Waals surface area contributed by atoms with E-state index in [2.05, 4.69) is 17.4 Å². The first-order valence-corrected chi connectivity index (χ1v) is 11.0. The number of hydrogen-bond donors (Lipinski definition) is 3.